The van der Waals surface area contributed by atoms with Gasteiger partial charge in [-0.2, -0.15) is 0 Å². The van der Waals surface area contributed by atoms with Gasteiger partial charge in [-0.3, -0.25) is 0 Å². The van der Waals surface area contributed by atoms with Gasteiger partial charge in [-0.05, 0) is 24.8 Å². The molecule has 3 heteroatoms. The van der Waals surface area contributed by atoms with Crippen molar-refractivity contribution in [3.63, 3.8) is 0 Å². The van der Waals surface area contributed by atoms with Crippen molar-refractivity contribution in [2.24, 2.45) is 12.8 Å². The molecule has 1 aliphatic rings. The van der Waals surface area contributed by atoms with Crippen LogP contribution in [0.2, 0.25) is 0 Å². The summed E-state index contributed by atoms with van der Waals surface area (Å²) in [6, 6.07) is 8.37. The Morgan fingerprint density at radius 3 is 2.65 bits per heavy atom. The second kappa shape index (κ2) is 3.70. The molecular formula is C14H17N3. The minimum atomic E-state index is -0.136. The van der Waals surface area contributed by atoms with Crippen molar-refractivity contribution in [2.45, 2.75) is 24.8 Å². The van der Waals surface area contributed by atoms with Crippen molar-refractivity contribution in [1.29, 1.82) is 0 Å². The third-order valence-corrected chi connectivity index (χ3v) is 3.77. The number of hydrogen-bond acceptors (Lipinski definition) is 2. The van der Waals surface area contributed by atoms with E-state index in [4.69, 9.17) is 5.73 Å². The maximum atomic E-state index is 6.44. The van der Waals surface area contributed by atoms with Crippen LogP contribution in [-0.4, -0.2) is 9.55 Å². The van der Waals surface area contributed by atoms with Crippen LogP contribution in [0.5, 0.6) is 0 Å². The molecule has 1 aromatic heterocycles. The highest BCUT2D eigenvalue weighted by Crippen LogP contribution is 2.42. The van der Waals surface area contributed by atoms with Crippen molar-refractivity contribution in [3.05, 3.63) is 42.2 Å². The summed E-state index contributed by atoms with van der Waals surface area (Å²) in [6.45, 7) is 0. The molecule has 0 saturated heterocycles. The second-order valence-corrected chi connectivity index (χ2v) is 4.92. The number of aromatic nitrogens is 2. The van der Waals surface area contributed by atoms with E-state index in [1.54, 1.807) is 0 Å². The van der Waals surface area contributed by atoms with Crippen LogP contribution in [0.4, 0.5) is 0 Å². The van der Waals surface area contributed by atoms with E-state index in [2.05, 4.69) is 29.2 Å². The minimum absolute atomic E-state index is 0.136. The number of nitrogens with two attached hydrogens (primary N) is 1. The maximum absolute atomic E-state index is 6.44. The highest BCUT2D eigenvalue weighted by molar-refractivity contribution is 5.63. The lowest BCUT2D eigenvalue weighted by molar-refractivity contribution is 0.254. The third-order valence-electron chi connectivity index (χ3n) is 3.77. The quantitative estimate of drug-likeness (QED) is 0.856. The minimum Gasteiger partial charge on any atom is -0.334 e. The molecule has 3 rings (SSSR count). The highest BCUT2D eigenvalue weighted by atomic mass is 15.0. The van der Waals surface area contributed by atoms with Gasteiger partial charge in [0.1, 0.15) is 5.82 Å². The first-order valence-electron chi connectivity index (χ1n) is 6.07. The van der Waals surface area contributed by atoms with Crippen molar-refractivity contribution in [2.75, 3.05) is 0 Å². The van der Waals surface area contributed by atoms with Crippen LogP contribution in [0, 0.1) is 0 Å². The van der Waals surface area contributed by atoms with E-state index in [9.17, 15) is 0 Å². The van der Waals surface area contributed by atoms with Gasteiger partial charge < -0.3 is 10.3 Å². The number of hydrogen-bond donors (Lipinski definition) is 1. The summed E-state index contributed by atoms with van der Waals surface area (Å²) in [5, 5.41) is 0. The average Bonchev–Trinajstić information content (AvgIpc) is 2.72. The summed E-state index contributed by atoms with van der Waals surface area (Å²) in [5.74, 6) is 0.998. The third kappa shape index (κ3) is 1.58. The van der Waals surface area contributed by atoms with Gasteiger partial charge in [-0.25, -0.2) is 4.98 Å². The summed E-state index contributed by atoms with van der Waals surface area (Å²) in [7, 11) is 2.02. The van der Waals surface area contributed by atoms with Crippen LogP contribution in [0.25, 0.3) is 11.4 Å². The summed E-state index contributed by atoms with van der Waals surface area (Å²) >= 11 is 0. The lowest BCUT2D eigenvalue weighted by Gasteiger charge is -2.39. The zero-order chi connectivity index (χ0) is 11.9. The van der Waals surface area contributed by atoms with Crippen molar-refractivity contribution in [1.82, 2.24) is 9.55 Å². The molecule has 0 atom stereocenters. The number of aryl methyl sites for hydroxylation is 1. The van der Waals surface area contributed by atoms with Crippen LogP contribution in [-0.2, 0) is 12.6 Å². The molecule has 1 aromatic carbocycles. The molecule has 17 heavy (non-hydrogen) atoms. The van der Waals surface area contributed by atoms with Crippen LogP contribution >= 0.6 is 0 Å². The molecule has 0 aliphatic heterocycles. The Balaban J connectivity index is 2.14. The standard InChI is InChI=1S/C14H17N3/c1-17-10-9-16-13(17)11-5-2-3-6-12(11)14(15)7-4-8-14/h2-3,5-6,9-10H,4,7-8,15H2,1H3. The molecule has 2 aromatic rings. The van der Waals surface area contributed by atoms with Gasteiger partial charge in [0.05, 0.1) is 0 Å². The van der Waals surface area contributed by atoms with Gasteiger partial charge in [-0.15, -0.1) is 0 Å². The maximum Gasteiger partial charge on any atom is 0.139 e. The first kappa shape index (κ1) is 10.5. The van der Waals surface area contributed by atoms with Gasteiger partial charge in [-0.1, -0.05) is 24.3 Å². The SMILES string of the molecule is Cn1ccnc1-c1ccccc1C1(N)CCC1. The molecule has 0 amide bonds. The van der Waals surface area contributed by atoms with E-state index in [1.165, 1.54) is 17.5 Å². The Hall–Kier alpha value is -1.61. The normalized spacial score (nSPS) is 17.8. The average molecular weight is 227 g/mol. The molecule has 0 unspecified atom stereocenters. The topological polar surface area (TPSA) is 43.8 Å². The van der Waals surface area contributed by atoms with Crippen LogP contribution in [0.15, 0.2) is 36.7 Å². The van der Waals surface area contributed by atoms with Crippen LogP contribution in [0.3, 0.4) is 0 Å². The molecule has 3 nitrogen and oxygen atoms in total. The summed E-state index contributed by atoms with van der Waals surface area (Å²) < 4.78 is 2.04. The predicted molar refractivity (Wildman–Crippen MR) is 68.4 cm³/mol. The van der Waals surface area contributed by atoms with E-state index < -0.39 is 0 Å². The first-order valence-corrected chi connectivity index (χ1v) is 6.07. The van der Waals surface area contributed by atoms with Crippen LogP contribution in [0.1, 0.15) is 24.8 Å². The molecule has 0 radical (unpaired) electrons. The van der Waals surface area contributed by atoms with E-state index >= 15 is 0 Å². The summed E-state index contributed by atoms with van der Waals surface area (Å²) in [6.07, 6.45) is 7.18. The molecule has 0 bridgehead atoms. The molecular weight excluding hydrogens is 210 g/mol. The predicted octanol–water partition coefficient (Wildman–Crippen LogP) is 2.43. The zero-order valence-electron chi connectivity index (χ0n) is 10.1. The van der Waals surface area contributed by atoms with E-state index in [-0.39, 0.29) is 5.54 Å². The molecule has 1 aliphatic carbocycles. The fourth-order valence-electron chi connectivity index (χ4n) is 2.56. The highest BCUT2D eigenvalue weighted by Gasteiger charge is 2.36. The van der Waals surface area contributed by atoms with Crippen molar-refractivity contribution < 1.29 is 0 Å². The molecule has 0 spiro atoms. The number of benzene rings is 1. The molecule has 1 fully saturated rings. The Bertz CT molecular complexity index is 538. The smallest absolute Gasteiger partial charge is 0.139 e. The van der Waals surface area contributed by atoms with E-state index in [0.717, 1.165) is 18.7 Å². The largest absolute Gasteiger partial charge is 0.334 e. The zero-order valence-corrected chi connectivity index (χ0v) is 10.1. The Labute approximate surface area is 101 Å². The lowest BCUT2D eigenvalue weighted by Crippen LogP contribution is -2.43. The van der Waals surface area contributed by atoms with Gasteiger partial charge in [0.25, 0.3) is 0 Å². The fraction of sp³-hybridized carbons (Fsp3) is 0.357. The lowest BCUT2D eigenvalue weighted by atomic mass is 9.71. The van der Waals surface area contributed by atoms with Crippen LogP contribution < -0.4 is 5.73 Å². The van der Waals surface area contributed by atoms with Gasteiger partial charge in [0, 0.05) is 30.5 Å². The monoisotopic (exact) mass is 227 g/mol. The molecule has 1 saturated carbocycles. The molecule has 2 N–H and O–H groups in total. The number of imidazole rings is 1. The van der Waals surface area contributed by atoms with E-state index in [1.807, 2.05) is 24.0 Å². The Morgan fingerprint density at radius 2 is 2.06 bits per heavy atom. The first-order chi connectivity index (χ1) is 8.21. The molecule has 88 valence electrons. The second-order valence-electron chi connectivity index (χ2n) is 4.92. The molecule has 1 heterocycles. The van der Waals surface area contributed by atoms with Crippen molar-refractivity contribution >= 4 is 0 Å². The van der Waals surface area contributed by atoms with Gasteiger partial charge in [0.15, 0.2) is 0 Å². The van der Waals surface area contributed by atoms with Crippen molar-refractivity contribution in [3.8, 4) is 11.4 Å². The van der Waals surface area contributed by atoms with Gasteiger partial charge in [0.2, 0.25) is 0 Å². The van der Waals surface area contributed by atoms with Gasteiger partial charge >= 0.3 is 0 Å². The number of rotatable bonds is 2. The Kier molecular flexibility index (Phi) is 2.30. The Morgan fingerprint density at radius 1 is 1.29 bits per heavy atom. The number of nitrogens with zero attached hydrogens (tertiary/aromatic N) is 2. The van der Waals surface area contributed by atoms with E-state index in [0.29, 0.717) is 0 Å². The fourth-order valence-corrected chi connectivity index (χ4v) is 2.56. The summed E-state index contributed by atoms with van der Waals surface area (Å²) in [5.41, 5.74) is 8.71. The summed E-state index contributed by atoms with van der Waals surface area (Å²) in [4.78, 5) is 4.43.